The number of carbonyl (C=O) groups is 1. The summed E-state index contributed by atoms with van der Waals surface area (Å²) in [5.74, 6) is 0.359. The van der Waals surface area contributed by atoms with Gasteiger partial charge in [0.1, 0.15) is 5.15 Å². The minimum Gasteiger partial charge on any atom is -0.298 e. The van der Waals surface area contributed by atoms with Gasteiger partial charge < -0.3 is 0 Å². The first-order valence-electron chi connectivity index (χ1n) is 5.98. The molecule has 5 heteroatoms. The number of nitrogens with zero attached hydrogens (tertiary/aromatic N) is 3. The Balaban J connectivity index is 2.09. The van der Waals surface area contributed by atoms with Crippen LogP contribution in [0.2, 0.25) is 5.15 Å². The topological polar surface area (TPSA) is 58.7 Å². The maximum absolute atomic E-state index is 11.1. The Kier molecular flexibility index (Phi) is 2.84. The second-order valence-electron chi connectivity index (χ2n) is 4.55. The van der Waals surface area contributed by atoms with E-state index >= 15 is 0 Å². The Morgan fingerprint density at radius 3 is 2.58 bits per heavy atom. The molecule has 0 unspecified atom stereocenters. The predicted octanol–water partition coefficient (Wildman–Crippen LogP) is 3.09. The molecule has 0 radical (unpaired) electrons. The van der Waals surface area contributed by atoms with Gasteiger partial charge in [-0.1, -0.05) is 11.6 Å². The summed E-state index contributed by atoms with van der Waals surface area (Å²) in [7, 11) is 0. The third-order valence-electron chi connectivity index (χ3n) is 3.21. The van der Waals surface area contributed by atoms with Crippen LogP contribution in [0.1, 0.15) is 40.4 Å². The molecular formula is C14H10ClN3O. The molecule has 19 heavy (non-hydrogen) atoms. The maximum Gasteiger partial charge on any atom is 0.155 e. The Hall–Kier alpha value is -2.12. The maximum atomic E-state index is 11.1. The molecule has 0 aliphatic heterocycles. The number of rotatable bonds is 3. The van der Waals surface area contributed by atoms with E-state index in [1.165, 1.54) is 0 Å². The fourth-order valence-electron chi connectivity index (χ4n) is 2.04. The number of nitriles is 1. The molecule has 0 bridgehead atoms. The number of aromatic nitrogens is 2. The smallest absolute Gasteiger partial charge is 0.155 e. The van der Waals surface area contributed by atoms with Crippen molar-refractivity contribution in [1.82, 2.24) is 9.78 Å². The van der Waals surface area contributed by atoms with Gasteiger partial charge in [-0.3, -0.25) is 4.79 Å². The van der Waals surface area contributed by atoms with Gasteiger partial charge in [0.15, 0.2) is 6.29 Å². The van der Waals surface area contributed by atoms with E-state index in [1.807, 2.05) is 0 Å². The lowest BCUT2D eigenvalue weighted by Crippen LogP contribution is -1.97. The highest BCUT2D eigenvalue weighted by atomic mass is 35.5. The summed E-state index contributed by atoms with van der Waals surface area (Å²) in [6, 6.07) is 8.99. The highest BCUT2D eigenvalue weighted by molar-refractivity contribution is 6.32. The van der Waals surface area contributed by atoms with Gasteiger partial charge in [-0.05, 0) is 37.1 Å². The van der Waals surface area contributed by atoms with Crippen LogP contribution in [0.3, 0.4) is 0 Å². The fraction of sp³-hybridized carbons (Fsp3) is 0.214. The van der Waals surface area contributed by atoms with Crippen molar-refractivity contribution in [2.24, 2.45) is 0 Å². The highest BCUT2D eigenvalue weighted by Gasteiger charge is 2.31. The number of hydrogen-bond acceptors (Lipinski definition) is 3. The summed E-state index contributed by atoms with van der Waals surface area (Å²) in [6.07, 6.45) is 2.88. The van der Waals surface area contributed by atoms with Gasteiger partial charge in [0.05, 0.1) is 28.6 Å². The normalized spacial score (nSPS) is 14.1. The minimum atomic E-state index is 0.335. The van der Waals surface area contributed by atoms with Crippen LogP contribution in [0.25, 0.3) is 5.69 Å². The number of halogens is 1. The Morgan fingerprint density at radius 2 is 2.05 bits per heavy atom. The van der Waals surface area contributed by atoms with Crippen LogP contribution in [0.4, 0.5) is 0 Å². The van der Waals surface area contributed by atoms with Crippen molar-refractivity contribution in [2.75, 3.05) is 0 Å². The average molecular weight is 272 g/mol. The molecular weight excluding hydrogens is 262 g/mol. The van der Waals surface area contributed by atoms with Crippen molar-refractivity contribution in [1.29, 1.82) is 5.26 Å². The van der Waals surface area contributed by atoms with Crippen LogP contribution in [0.5, 0.6) is 0 Å². The van der Waals surface area contributed by atoms with E-state index < -0.39 is 0 Å². The Labute approximate surface area is 115 Å². The SMILES string of the molecule is N#Cc1ccc(-n2nc(C3CC3)c(C=O)c2Cl)cc1. The zero-order valence-electron chi connectivity index (χ0n) is 10.0. The fourth-order valence-corrected chi connectivity index (χ4v) is 2.32. The van der Waals surface area contributed by atoms with Crippen LogP contribution in [-0.2, 0) is 0 Å². The van der Waals surface area contributed by atoms with E-state index in [-0.39, 0.29) is 0 Å². The van der Waals surface area contributed by atoms with Gasteiger partial charge in [0.25, 0.3) is 0 Å². The summed E-state index contributed by atoms with van der Waals surface area (Å²) in [5, 5.41) is 13.5. The Morgan fingerprint density at radius 1 is 1.37 bits per heavy atom. The van der Waals surface area contributed by atoms with Crippen molar-refractivity contribution in [3.63, 3.8) is 0 Å². The third kappa shape index (κ3) is 2.02. The van der Waals surface area contributed by atoms with Crippen molar-refractivity contribution in [3.8, 4) is 11.8 Å². The summed E-state index contributed by atoms with van der Waals surface area (Å²) < 4.78 is 1.56. The lowest BCUT2D eigenvalue weighted by molar-refractivity contribution is 0.112. The third-order valence-corrected chi connectivity index (χ3v) is 3.58. The van der Waals surface area contributed by atoms with Gasteiger partial charge in [-0.15, -0.1) is 0 Å². The predicted molar refractivity (Wildman–Crippen MR) is 70.7 cm³/mol. The summed E-state index contributed by atoms with van der Waals surface area (Å²) in [6.45, 7) is 0. The average Bonchev–Trinajstić information content (AvgIpc) is 3.23. The number of aldehydes is 1. The molecule has 0 saturated heterocycles. The number of hydrogen-bond donors (Lipinski definition) is 0. The lowest BCUT2D eigenvalue weighted by Gasteiger charge is -2.02. The van der Waals surface area contributed by atoms with Gasteiger partial charge in [-0.2, -0.15) is 10.4 Å². The van der Waals surface area contributed by atoms with Crippen LogP contribution >= 0.6 is 11.6 Å². The molecule has 4 nitrogen and oxygen atoms in total. The van der Waals surface area contributed by atoms with Crippen molar-refractivity contribution in [3.05, 3.63) is 46.2 Å². The molecule has 1 heterocycles. The second-order valence-corrected chi connectivity index (χ2v) is 4.91. The quantitative estimate of drug-likeness (QED) is 0.806. The molecule has 2 aromatic rings. The molecule has 0 spiro atoms. The summed E-state index contributed by atoms with van der Waals surface area (Å²) in [4.78, 5) is 11.1. The van der Waals surface area contributed by atoms with Crippen LogP contribution in [-0.4, -0.2) is 16.1 Å². The molecule has 1 fully saturated rings. The van der Waals surface area contributed by atoms with E-state index in [2.05, 4.69) is 11.2 Å². The van der Waals surface area contributed by atoms with E-state index in [0.717, 1.165) is 30.5 Å². The molecule has 1 saturated carbocycles. The van der Waals surface area contributed by atoms with Gasteiger partial charge in [0.2, 0.25) is 0 Å². The molecule has 3 rings (SSSR count). The monoisotopic (exact) mass is 271 g/mol. The standard InChI is InChI=1S/C14H10ClN3O/c15-14-12(8-19)13(10-3-4-10)17-18(14)11-5-1-9(7-16)2-6-11/h1-2,5-6,8,10H,3-4H2. The van der Waals surface area contributed by atoms with Gasteiger partial charge in [0, 0.05) is 5.92 Å². The molecule has 1 aromatic heterocycles. The summed E-state index contributed by atoms with van der Waals surface area (Å²) >= 11 is 6.21. The molecule has 1 aliphatic carbocycles. The van der Waals surface area contributed by atoms with Crippen LogP contribution in [0, 0.1) is 11.3 Å². The molecule has 1 aliphatic rings. The number of benzene rings is 1. The molecule has 0 atom stereocenters. The van der Waals surface area contributed by atoms with E-state index in [4.69, 9.17) is 16.9 Å². The van der Waals surface area contributed by atoms with Crippen molar-refractivity contribution < 1.29 is 4.79 Å². The zero-order chi connectivity index (χ0) is 13.4. The molecule has 1 aromatic carbocycles. The summed E-state index contributed by atoms with van der Waals surface area (Å²) in [5.41, 5.74) is 2.59. The first kappa shape index (κ1) is 11.9. The van der Waals surface area contributed by atoms with E-state index in [0.29, 0.717) is 22.2 Å². The highest BCUT2D eigenvalue weighted by Crippen LogP contribution is 2.42. The number of carbonyl (C=O) groups excluding carboxylic acids is 1. The lowest BCUT2D eigenvalue weighted by atomic mass is 10.2. The van der Waals surface area contributed by atoms with Crippen molar-refractivity contribution >= 4 is 17.9 Å². The van der Waals surface area contributed by atoms with Crippen molar-refractivity contribution in [2.45, 2.75) is 18.8 Å². The van der Waals surface area contributed by atoms with E-state index in [9.17, 15) is 4.79 Å². The second kappa shape index (κ2) is 4.52. The van der Waals surface area contributed by atoms with E-state index in [1.54, 1.807) is 28.9 Å². The zero-order valence-corrected chi connectivity index (χ0v) is 10.8. The van der Waals surface area contributed by atoms with Crippen LogP contribution < -0.4 is 0 Å². The molecule has 0 N–H and O–H groups in total. The van der Waals surface area contributed by atoms with Gasteiger partial charge in [-0.25, -0.2) is 4.68 Å². The molecule has 94 valence electrons. The first-order chi connectivity index (χ1) is 9.24. The van der Waals surface area contributed by atoms with Crippen LogP contribution in [0.15, 0.2) is 24.3 Å². The molecule has 0 amide bonds. The Bertz CT molecular complexity index is 678. The minimum absolute atomic E-state index is 0.335. The largest absolute Gasteiger partial charge is 0.298 e. The van der Waals surface area contributed by atoms with Gasteiger partial charge >= 0.3 is 0 Å². The first-order valence-corrected chi connectivity index (χ1v) is 6.36.